The Morgan fingerprint density at radius 3 is 2.47 bits per heavy atom. The highest BCUT2D eigenvalue weighted by atomic mass is 19.1. The molecule has 0 saturated heterocycles. The highest BCUT2D eigenvalue weighted by Gasteiger charge is 2.36. The first kappa shape index (κ1) is 21.5. The number of aromatic amines is 1. The molecule has 4 aromatic rings. The molecular weight excluding hydrogens is 435 g/mol. The fraction of sp³-hybridized carbons (Fsp3) is 0.115. The van der Waals surface area contributed by atoms with Crippen LogP contribution < -0.4 is 9.80 Å². The maximum Gasteiger partial charge on any atom is 0.272 e. The van der Waals surface area contributed by atoms with Crippen molar-refractivity contribution in [2.45, 2.75) is 6.17 Å². The molecule has 8 heteroatoms. The van der Waals surface area contributed by atoms with Crippen LogP contribution in [0.3, 0.4) is 0 Å². The van der Waals surface area contributed by atoms with E-state index in [2.05, 4.69) is 9.98 Å². The number of carbonyl (C=O) groups excluding carboxylic acids is 2. The van der Waals surface area contributed by atoms with Crippen LogP contribution in [0.25, 0.3) is 10.9 Å². The number of hydrogen-bond acceptors (Lipinski definition) is 4. The predicted octanol–water partition coefficient (Wildman–Crippen LogP) is 3.47. The molecular formula is C26H21FN4O3. The molecule has 1 aliphatic rings. The van der Waals surface area contributed by atoms with Crippen LogP contribution in [-0.4, -0.2) is 47.4 Å². The molecule has 3 aromatic carbocycles. The third kappa shape index (κ3) is 3.64. The number of benzodiazepines with no additional fused rings is 1. The van der Waals surface area contributed by atoms with E-state index in [-0.39, 0.29) is 24.4 Å². The van der Waals surface area contributed by atoms with Crippen molar-refractivity contribution in [2.24, 2.45) is 4.99 Å². The molecule has 1 aromatic heterocycles. The molecule has 0 saturated carbocycles. The summed E-state index contributed by atoms with van der Waals surface area (Å²) < 4.78 is 14.9. The normalized spacial score (nSPS) is 15.6. The van der Waals surface area contributed by atoms with Gasteiger partial charge in [-0.2, -0.15) is 0 Å². The Morgan fingerprint density at radius 2 is 1.74 bits per heavy atom. The van der Waals surface area contributed by atoms with Crippen molar-refractivity contribution in [3.8, 4) is 0 Å². The lowest BCUT2D eigenvalue weighted by Crippen LogP contribution is -2.48. The maximum atomic E-state index is 14.9. The summed E-state index contributed by atoms with van der Waals surface area (Å²) in [5.41, 5.74) is 2.25. The van der Waals surface area contributed by atoms with E-state index in [9.17, 15) is 19.1 Å². The average molecular weight is 456 g/mol. The number of rotatable bonds is 6. The second-order valence-electron chi connectivity index (χ2n) is 7.82. The predicted molar refractivity (Wildman–Crippen MR) is 129 cm³/mol. The van der Waals surface area contributed by atoms with Crippen LogP contribution in [0.2, 0.25) is 0 Å². The van der Waals surface area contributed by atoms with Crippen LogP contribution in [0, 0.1) is 5.82 Å². The molecule has 34 heavy (non-hydrogen) atoms. The Morgan fingerprint density at radius 1 is 1.03 bits per heavy atom. The number of hydrogen-bond donors (Lipinski definition) is 2. The lowest BCUT2D eigenvalue weighted by molar-refractivity contribution is -0.121. The van der Waals surface area contributed by atoms with E-state index in [0.29, 0.717) is 23.5 Å². The minimum absolute atomic E-state index is 0.00812. The molecule has 2 heterocycles. The second-order valence-corrected chi connectivity index (χ2v) is 7.82. The van der Waals surface area contributed by atoms with Gasteiger partial charge in [-0.25, -0.2) is 9.38 Å². The van der Waals surface area contributed by atoms with Gasteiger partial charge in [-0.1, -0.05) is 48.5 Å². The van der Waals surface area contributed by atoms with Crippen LogP contribution in [-0.2, 0) is 9.59 Å². The van der Waals surface area contributed by atoms with Crippen LogP contribution in [0.5, 0.6) is 0 Å². The quantitative estimate of drug-likeness (QED) is 0.436. The Labute approximate surface area is 194 Å². The summed E-state index contributed by atoms with van der Waals surface area (Å²) in [5.74, 6) is -0.638. The van der Waals surface area contributed by atoms with Crippen LogP contribution in [0.1, 0.15) is 11.1 Å². The van der Waals surface area contributed by atoms with Crippen molar-refractivity contribution in [1.29, 1.82) is 0 Å². The van der Waals surface area contributed by atoms with Crippen LogP contribution >= 0.6 is 0 Å². The molecule has 0 fully saturated rings. The van der Waals surface area contributed by atoms with E-state index in [4.69, 9.17) is 0 Å². The third-order valence-electron chi connectivity index (χ3n) is 5.81. The monoisotopic (exact) mass is 456 g/mol. The average Bonchev–Trinajstić information content (AvgIpc) is 3.25. The number of anilines is 2. The van der Waals surface area contributed by atoms with Crippen molar-refractivity contribution < 1.29 is 19.1 Å². The highest BCUT2D eigenvalue weighted by molar-refractivity contribution is 6.21. The smallest absolute Gasteiger partial charge is 0.272 e. The number of nitrogens with one attached hydrogen (secondary N) is 1. The topological polar surface area (TPSA) is 89.0 Å². The molecule has 1 aliphatic heterocycles. The Balaban J connectivity index is 1.73. The summed E-state index contributed by atoms with van der Waals surface area (Å²) in [7, 11) is 0. The van der Waals surface area contributed by atoms with Gasteiger partial charge >= 0.3 is 0 Å². The fourth-order valence-corrected chi connectivity index (χ4v) is 4.24. The van der Waals surface area contributed by atoms with Gasteiger partial charge in [0.05, 0.1) is 18.0 Å². The molecule has 7 nitrogen and oxygen atoms in total. The number of aliphatic imine (C=N–C) groups is 1. The Bertz CT molecular complexity index is 1380. The molecule has 1 atom stereocenters. The fourth-order valence-electron chi connectivity index (χ4n) is 4.24. The number of carbonyl (C=O) groups is 2. The lowest BCUT2D eigenvalue weighted by Gasteiger charge is -2.28. The molecule has 0 aliphatic carbocycles. The largest absolute Gasteiger partial charge is 0.395 e. The number of aliphatic hydroxyl groups excluding tert-OH is 1. The number of amides is 2. The number of fused-ring (bicyclic) bond motifs is 2. The zero-order valence-electron chi connectivity index (χ0n) is 18.1. The van der Waals surface area contributed by atoms with Gasteiger partial charge in [0.15, 0.2) is 0 Å². The van der Waals surface area contributed by atoms with Crippen LogP contribution in [0.15, 0.2) is 83.9 Å². The number of benzene rings is 3. The van der Waals surface area contributed by atoms with Crippen molar-refractivity contribution in [1.82, 2.24) is 4.98 Å². The summed E-state index contributed by atoms with van der Waals surface area (Å²) in [5, 5.41) is 10.6. The van der Waals surface area contributed by atoms with Crippen molar-refractivity contribution in [2.75, 3.05) is 23.0 Å². The molecule has 0 spiro atoms. The van der Waals surface area contributed by atoms with Gasteiger partial charge in [0, 0.05) is 28.6 Å². The van der Waals surface area contributed by atoms with Gasteiger partial charge < -0.3 is 15.0 Å². The van der Waals surface area contributed by atoms with Crippen molar-refractivity contribution >= 4 is 40.4 Å². The van der Waals surface area contributed by atoms with E-state index in [0.717, 1.165) is 10.9 Å². The molecule has 2 N–H and O–H groups in total. The summed E-state index contributed by atoms with van der Waals surface area (Å²) >= 11 is 0. The molecule has 5 rings (SSSR count). The second kappa shape index (κ2) is 8.92. The van der Waals surface area contributed by atoms with Crippen molar-refractivity contribution in [3.63, 3.8) is 0 Å². The number of para-hydroxylation sites is 2. The first-order valence-electron chi connectivity index (χ1n) is 10.8. The van der Waals surface area contributed by atoms with Gasteiger partial charge in [-0.15, -0.1) is 0 Å². The minimum Gasteiger partial charge on any atom is -0.395 e. The third-order valence-corrected chi connectivity index (χ3v) is 5.81. The number of nitrogens with zero attached hydrogens (tertiary/aromatic N) is 3. The first-order chi connectivity index (χ1) is 16.6. The summed E-state index contributed by atoms with van der Waals surface area (Å²) in [4.78, 5) is 36.5. The molecule has 0 radical (unpaired) electrons. The number of β-amino-alcohol motifs (C(OH)–C–C–N with tert-alkyl or cyclic N) is 1. The number of aromatic nitrogens is 1. The standard InChI is InChI=1S/C26H21FN4O3/c27-20-10-4-2-8-18(20)24-19-9-3-6-12-22(19)30(13-14-32)26(34)25(29-24)31(16-33)23-15-17-7-1-5-11-21(17)28-23/h1-12,15-16,25,28,32H,13-14H2/t25-/m1/s1. The van der Waals surface area contributed by atoms with Gasteiger partial charge in [-0.3, -0.25) is 14.5 Å². The molecule has 0 bridgehead atoms. The van der Waals surface area contributed by atoms with Crippen LogP contribution in [0.4, 0.5) is 15.9 Å². The minimum atomic E-state index is -1.32. The molecule has 0 unspecified atom stereocenters. The van der Waals surface area contributed by atoms with Crippen molar-refractivity contribution in [3.05, 3.63) is 95.8 Å². The molecule has 170 valence electrons. The van der Waals surface area contributed by atoms with E-state index >= 15 is 0 Å². The van der Waals surface area contributed by atoms with E-state index in [1.165, 1.54) is 15.9 Å². The zero-order chi connectivity index (χ0) is 23.7. The van der Waals surface area contributed by atoms with Gasteiger partial charge in [-0.05, 0) is 30.3 Å². The van der Waals surface area contributed by atoms with E-state index in [1.54, 1.807) is 48.5 Å². The highest BCUT2D eigenvalue weighted by Crippen LogP contribution is 2.31. The maximum absolute atomic E-state index is 14.9. The number of H-pyrrole nitrogens is 1. The first-order valence-corrected chi connectivity index (χ1v) is 10.8. The lowest BCUT2D eigenvalue weighted by atomic mass is 10.00. The van der Waals surface area contributed by atoms with E-state index < -0.39 is 17.9 Å². The Hall–Kier alpha value is -4.30. The van der Waals surface area contributed by atoms with Gasteiger partial charge in [0.1, 0.15) is 11.6 Å². The summed E-state index contributed by atoms with van der Waals surface area (Å²) in [6, 6.07) is 22.4. The number of aliphatic hydroxyl groups is 1. The van der Waals surface area contributed by atoms with E-state index in [1.807, 2.05) is 24.3 Å². The summed E-state index contributed by atoms with van der Waals surface area (Å²) in [6.45, 7) is -0.304. The van der Waals surface area contributed by atoms with Gasteiger partial charge in [0.25, 0.3) is 5.91 Å². The number of halogens is 1. The zero-order valence-corrected chi connectivity index (χ0v) is 18.1. The Kier molecular flexibility index (Phi) is 5.65. The molecule has 2 amide bonds. The SMILES string of the molecule is O=CN(c1cc2ccccc2[nH]1)[C@H]1N=C(c2ccccc2F)c2ccccc2N(CCO)C1=O. The van der Waals surface area contributed by atoms with Gasteiger partial charge in [0.2, 0.25) is 12.6 Å². The summed E-state index contributed by atoms with van der Waals surface area (Å²) in [6.07, 6.45) is -0.790.